The first-order valence-electron chi connectivity index (χ1n) is 16.5. The molecule has 9 aromatic rings. The third kappa shape index (κ3) is 4.02. The molecule has 48 heavy (non-hydrogen) atoms. The van der Waals surface area contributed by atoms with Crippen LogP contribution in [-0.2, 0) is 0 Å². The van der Waals surface area contributed by atoms with Crippen molar-refractivity contribution < 1.29 is 4.42 Å². The molecule has 1 unspecified atom stereocenters. The zero-order valence-electron chi connectivity index (χ0n) is 26.0. The molecule has 3 heterocycles. The van der Waals surface area contributed by atoms with E-state index in [9.17, 15) is 0 Å². The molecule has 0 spiro atoms. The van der Waals surface area contributed by atoms with Crippen LogP contribution in [0.1, 0.15) is 17.9 Å². The Morgan fingerprint density at radius 2 is 1.38 bits per heavy atom. The SMILES string of the molecule is C1=CCC(c2cccc3c2c2ccccc2n3-c2cccc3c2oc2cccc(-c4nc(-c5ccccc5)c5ccccc5n4)c23)C=C1. The van der Waals surface area contributed by atoms with Crippen LogP contribution in [0, 0.1) is 0 Å². The second kappa shape index (κ2) is 10.6. The van der Waals surface area contributed by atoms with E-state index in [2.05, 4.69) is 138 Å². The summed E-state index contributed by atoms with van der Waals surface area (Å²) in [6, 6.07) is 46.7. The van der Waals surface area contributed by atoms with Crippen molar-refractivity contribution >= 4 is 54.6 Å². The molecule has 0 saturated heterocycles. The molecule has 0 fully saturated rings. The Labute approximate surface area is 276 Å². The number of nitrogens with zero attached hydrogens (tertiary/aromatic N) is 3. The second-order valence-electron chi connectivity index (χ2n) is 12.5. The number of benzene rings is 6. The van der Waals surface area contributed by atoms with Crippen molar-refractivity contribution in [3.63, 3.8) is 0 Å². The second-order valence-corrected chi connectivity index (χ2v) is 12.5. The Bertz CT molecular complexity index is 2770. The highest BCUT2D eigenvalue weighted by Gasteiger charge is 2.23. The zero-order valence-corrected chi connectivity index (χ0v) is 26.0. The molecule has 3 aromatic heterocycles. The molecule has 4 nitrogen and oxygen atoms in total. The molecule has 226 valence electrons. The van der Waals surface area contributed by atoms with Crippen molar-refractivity contribution in [1.29, 1.82) is 0 Å². The van der Waals surface area contributed by atoms with Crippen molar-refractivity contribution in [3.05, 3.63) is 163 Å². The maximum absolute atomic E-state index is 6.82. The summed E-state index contributed by atoms with van der Waals surface area (Å²) in [6.45, 7) is 0. The summed E-state index contributed by atoms with van der Waals surface area (Å²) < 4.78 is 9.20. The number of para-hydroxylation sites is 3. The maximum atomic E-state index is 6.82. The van der Waals surface area contributed by atoms with E-state index in [1.807, 2.05) is 24.3 Å². The van der Waals surface area contributed by atoms with Gasteiger partial charge in [-0.05, 0) is 42.3 Å². The number of hydrogen-bond donors (Lipinski definition) is 0. The molecule has 1 atom stereocenters. The molecule has 0 radical (unpaired) electrons. The molecule has 0 aliphatic heterocycles. The van der Waals surface area contributed by atoms with E-state index < -0.39 is 0 Å². The third-order valence-corrected chi connectivity index (χ3v) is 9.74. The van der Waals surface area contributed by atoms with Gasteiger partial charge in [0, 0.05) is 44.0 Å². The average Bonchev–Trinajstić information content (AvgIpc) is 3.71. The Morgan fingerprint density at radius 3 is 2.27 bits per heavy atom. The van der Waals surface area contributed by atoms with E-state index in [1.165, 1.54) is 21.9 Å². The molecule has 1 aliphatic carbocycles. The van der Waals surface area contributed by atoms with Crippen molar-refractivity contribution in [3.8, 4) is 28.3 Å². The van der Waals surface area contributed by atoms with Gasteiger partial charge in [0.15, 0.2) is 11.4 Å². The molecular weight excluding hydrogens is 587 g/mol. The minimum atomic E-state index is 0.338. The average molecular weight is 616 g/mol. The first-order valence-corrected chi connectivity index (χ1v) is 16.5. The predicted molar refractivity (Wildman–Crippen MR) is 198 cm³/mol. The molecule has 0 saturated carbocycles. The third-order valence-electron chi connectivity index (χ3n) is 9.74. The van der Waals surface area contributed by atoms with Gasteiger partial charge in [-0.15, -0.1) is 0 Å². The van der Waals surface area contributed by atoms with Crippen LogP contribution in [0.25, 0.3) is 83.0 Å². The topological polar surface area (TPSA) is 43.9 Å². The van der Waals surface area contributed by atoms with Gasteiger partial charge in [0.25, 0.3) is 0 Å². The summed E-state index contributed by atoms with van der Waals surface area (Å²) in [5, 5.41) is 5.63. The van der Waals surface area contributed by atoms with E-state index in [0.29, 0.717) is 11.7 Å². The maximum Gasteiger partial charge on any atom is 0.161 e. The van der Waals surface area contributed by atoms with Gasteiger partial charge in [0.1, 0.15) is 5.58 Å². The van der Waals surface area contributed by atoms with Crippen LogP contribution in [0.3, 0.4) is 0 Å². The van der Waals surface area contributed by atoms with Crippen molar-refractivity contribution in [2.45, 2.75) is 12.3 Å². The van der Waals surface area contributed by atoms with E-state index in [1.54, 1.807) is 0 Å². The van der Waals surface area contributed by atoms with Crippen LogP contribution in [0.2, 0.25) is 0 Å². The van der Waals surface area contributed by atoms with Gasteiger partial charge in [-0.25, -0.2) is 9.97 Å². The van der Waals surface area contributed by atoms with Crippen molar-refractivity contribution in [1.82, 2.24) is 14.5 Å². The minimum Gasteiger partial charge on any atom is -0.454 e. The first-order chi connectivity index (χ1) is 23.8. The summed E-state index contributed by atoms with van der Waals surface area (Å²) in [7, 11) is 0. The number of fused-ring (bicyclic) bond motifs is 7. The van der Waals surface area contributed by atoms with Gasteiger partial charge in [0.05, 0.1) is 27.9 Å². The lowest BCUT2D eigenvalue weighted by atomic mass is 9.89. The Morgan fingerprint density at radius 1 is 0.604 bits per heavy atom. The highest BCUT2D eigenvalue weighted by molar-refractivity contribution is 6.16. The number of aromatic nitrogens is 3. The standard InChI is InChI=1S/C44H29N3O/c1-3-14-28(15-4-1)30-20-11-25-37-40(30)32-19-8-10-24-36(32)47(37)38-26-12-21-33-41-34(22-13-27-39(41)48-43(33)38)44-45-35-23-9-7-18-31(35)42(46-44)29-16-5-2-6-17-29/h1-14,16-28H,15H2. The fraction of sp³-hybridized carbons (Fsp3) is 0.0455. The van der Waals surface area contributed by atoms with E-state index >= 15 is 0 Å². The molecule has 1 aliphatic rings. The molecule has 6 aromatic carbocycles. The summed E-state index contributed by atoms with van der Waals surface area (Å²) in [6.07, 6.45) is 9.89. The largest absolute Gasteiger partial charge is 0.454 e. The summed E-state index contributed by atoms with van der Waals surface area (Å²) in [5.41, 5.74) is 10.2. The fourth-order valence-corrected chi connectivity index (χ4v) is 7.64. The van der Waals surface area contributed by atoms with E-state index in [0.717, 1.165) is 67.3 Å². The Hall–Kier alpha value is -6.26. The number of furan rings is 1. The quantitative estimate of drug-likeness (QED) is 0.198. The van der Waals surface area contributed by atoms with Crippen LogP contribution in [-0.4, -0.2) is 14.5 Å². The number of rotatable bonds is 4. The van der Waals surface area contributed by atoms with Crippen molar-refractivity contribution in [2.24, 2.45) is 0 Å². The summed E-state index contributed by atoms with van der Waals surface area (Å²) in [5.74, 6) is 1.02. The van der Waals surface area contributed by atoms with Crippen LogP contribution < -0.4 is 0 Å². The highest BCUT2D eigenvalue weighted by atomic mass is 16.3. The van der Waals surface area contributed by atoms with Gasteiger partial charge in [-0.2, -0.15) is 0 Å². The van der Waals surface area contributed by atoms with Crippen LogP contribution in [0.5, 0.6) is 0 Å². The molecule has 0 amide bonds. The molecule has 4 heteroatoms. The number of hydrogen-bond acceptors (Lipinski definition) is 3. The van der Waals surface area contributed by atoms with E-state index in [4.69, 9.17) is 14.4 Å². The normalized spacial score (nSPS) is 14.6. The van der Waals surface area contributed by atoms with E-state index in [-0.39, 0.29) is 0 Å². The van der Waals surface area contributed by atoms with Crippen molar-refractivity contribution in [2.75, 3.05) is 0 Å². The van der Waals surface area contributed by atoms with Gasteiger partial charge in [-0.1, -0.05) is 127 Å². The minimum absolute atomic E-state index is 0.338. The first kappa shape index (κ1) is 26.9. The fourth-order valence-electron chi connectivity index (χ4n) is 7.64. The molecular formula is C44H29N3O. The monoisotopic (exact) mass is 615 g/mol. The van der Waals surface area contributed by atoms with Crippen LogP contribution in [0.4, 0.5) is 0 Å². The zero-order chi connectivity index (χ0) is 31.6. The molecule has 0 bridgehead atoms. The lowest BCUT2D eigenvalue weighted by Crippen LogP contribution is -1.98. The van der Waals surface area contributed by atoms with Gasteiger partial charge in [0.2, 0.25) is 0 Å². The summed E-state index contributed by atoms with van der Waals surface area (Å²) >= 11 is 0. The lowest BCUT2D eigenvalue weighted by molar-refractivity contribution is 0.666. The number of allylic oxidation sites excluding steroid dienone is 4. The molecule has 0 N–H and O–H groups in total. The predicted octanol–water partition coefficient (Wildman–Crippen LogP) is 11.6. The van der Waals surface area contributed by atoms with Gasteiger partial charge >= 0.3 is 0 Å². The van der Waals surface area contributed by atoms with Gasteiger partial charge < -0.3 is 8.98 Å². The smallest absolute Gasteiger partial charge is 0.161 e. The van der Waals surface area contributed by atoms with Crippen LogP contribution >= 0.6 is 0 Å². The highest BCUT2D eigenvalue weighted by Crippen LogP contribution is 2.43. The Balaban J connectivity index is 1.24. The van der Waals surface area contributed by atoms with Gasteiger partial charge in [-0.3, -0.25) is 0 Å². The summed E-state index contributed by atoms with van der Waals surface area (Å²) in [4.78, 5) is 10.3. The Kier molecular flexibility index (Phi) is 5.97. The lowest BCUT2D eigenvalue weighted by Gasteiger charge is -2.15. The van der Waals surface area contributed by atoms with Crippen LogP contribution in [0.15, 0.2) is 162 Å². The molecule has 10 rings (SSSR count).